The second-order valence-electron chi connectivity index (χ2n) is 3.47. The van der Waals surface area contributed by atoms with Gasteiger partial charge in [0.25, 0.3) is 0 Å². The molecule has 0 radical (unpaired) electrons. The average molecular weight is 153 g/mol. The zero-order valence-corrected chi connectivity index (χ0v) is 7.01. The van der Waals surface area contributed by atoms with Crippen LogP contribution in [0.5, 0.6) is 0 Å². The lowest BCUT2D eigenvalue weighted by Crippen LogP contribution is -2.36. The molecule has 2 aliphatic rings. The monoisotopic (exact) mass is 153 g/mol. The van der Waals surface area contributed by atoms with Gasteiger partial charge < -0.3 is 10.2 Å². The van der Waals surface area contributed by atoms with E-state index in [1.165, 1.54) is 19.5 Å². The van der Waals surface area contributed by atoms with E-state index in [0.717, 1.165) is 25.0 Å². The van der Waals surface area contributed by atoms with Gasteiger partial charge in [0, 0.05) is 19.6 Å². The standard InChI is InChI=1S/C8H15N3/c1-7-2-5-11(6-7)8-9-3-4-10-8/h7H,2-6H2,1H3,(H,9,10). The Bertz CT molecular complexity index is 176. The topological polar surface area (TPSA) is 27.6 Å². The second kappa shape index (κ2) is 2.72. The fraction of sp³-hybridized carbons (Fsp3) is 0.875. The summed E-state index contributed by atoms with van der Waals surface area (Å²) in [5.74, 6) is 1.98. The van der Waals surface area contributed by atoms with Gasteiger partial charge in [-0.2, -0.15) is 0 Å². The van der Waals surface area contributed by atoms with E-state index in [1.807, 2.05) is 0 Å². The minimum absolute atomic E-state index is 0.847. The Hall–Kier alpha value is -0.730. The lowest BCUT2D eigenvalue weighted by molar-refractivity contribution is 0.481. The van der Waals surface area contributed by atoms with Crippen LogP contribution in [-0.4, -0.2) is 37.0 Å². The molecule has 0 aromatic carbocycles. The van der Waals surface area contributed by atoms with Crippen molar-refractivity contribution in [2.45, 2.75) is 13.3 Å². The maximum absolute atomic E-state index is 4.38. The number of rotatable bonds is 0. The van der Waals surface area contributed by atoms with E-state index in [-0.39, 0.29) is 0 Å². The normalized spacial score (nSPS) is 30.5. The lowest BCUT2D eigenvalue weighted by Gasteiger charge is -2.17. The highest BCUT2D eigenvalue weighted by molar-refractivity contribution is 5.81. The van der Waals surface area contributed by atoms with E-state index >= 15 is 0 Å². The molecule has 3 nitrogen and oxygen atoms in total. The Morgan fingerprint density at radius 2 is 2.55 bits per heavy atom. The summed E-state index contributed by atoms with van der Waals surface area (Å²) >= 11 is 0. The van der Waals surface area contributed by atoms with Crippen LogP contribution in [-0.2, 0) is 0 Å². The maximum Gasteiger partial charge on any atom is 0.194 e. The zero-order valence-electron chi connectivity index (χ0n) is 7.01. The summed E-state index contributed by atoms with van der Waals surface area (Å²) in [6.45, 7) is 6.66. The molecular weight excluding hydrogens is 138 g/mol. The van der Waals surface area contributed by atoms with E-state index in [2.05, 4.69) is 22.1 Å². The van der Waals surface area contributed by atoms with Crippen molar-refractivity contribution in [3.8, 4) is 0 Å². The molecule has 0 spiro atoms. The quantitative estimate of drug-likeness (QED) is 0.541. The molecular formula is C8H15N3. The van der Waals surface area contributed by atoms with E-state index < -0.39 is 0 Å². The fourth-order valence-corrected chi connectivity index (χ4v) is 1.72. The molecule has 1 atom stereocenters. The largest absolute Gasteiger partial charge is 0.354 e. The molecule has 0 aromatic rings. The van der Waals surface area contributed by atoms with Crippen LogP contribution in [0.4, 0.5) is 0 Å². The third-order valence-corrected chi connectivity index (χ3v) is 2.38. The Balaban J connectivity index is 1.95. The van der Waals surface area contributed by atoms with Gasteiger partial charge >= 0.3 is 0 Å². The molecule has 2 rings (SSSR count). The maximum atomic E-state index is 4.38. The van der Waals surface area contributed by atoms with Gasteiger partial charge in [0.15, 0.2) is 5.96 Å². The van der Waals surface area contributed by atoms with E-state index in [4.69, 9.17) is 0 Å². The number of hydrogen-bond donors (Lipinski definition) is 1. The van der Waals surface area contributed by atoms with Crippen LogP contribution in [0.2, 0.25) is 0 Å². The third kappa shape index (κ3) is 1.32. The Labute approximate surface area is 67.5 Å². The number of hydrogen-bond acceptors (Lipinski definition) is 3. The Kier molecular flexibility index (Phi) is 1.72. The first-order valence-electron chi connectivity index (χ1n) is 4.39. The summed E-state index contributed by atoms with van der Waals surface area (Å²) in [6, 6.07) is 0. The molecule has 2 aliphatic heterocycles. The van der Waals surface area contributed by atoms with Crippen molar-refractivity contribution < 1.29 is 0 Å². The third-order valence-electron chi connectivity index (χ3n) is 2.38. The molecule has 1 unspecified atom stereocenters. The highest BCUT2D eigenvalue weighted by Gasteiger charge is 2.22. The summed E-state index contributed by atoms with van der Waals surface area (Å²) in [7, 11) is 0. The minimum atomic E-state index is 0.847. The predicted octanol–water partition coefficient (Wildman–Crippen LogP) is 0.287. The summed E-state index contributed by atoms with van der Waals surface area (Å²) in [6.07, 6.45) is 1.32. The van der Waals surface area contributed by atoms with Gasteiger partial charge in [-0.3, -0.25) is 4.99 Å². The van der Waals surface area contributed by atoms with Crippen LogP contribution in [0.3, 0.4) is 0 Å². The van der Waals surface area contributed by atoms with Crippen LogP contribution < -0.4 is 5.32 Å². The highest BCUT2D eigenvalue weighted by atomic mass is 15.3. The fourth-order valence-electron chi connectivity index (χ4n) is 1.72. The van der Waals surface area contributed by atoms with Crippen LogP contribution >= 0.6 is 0 Å². The van der Waals surface area contributed by atoms with Crippen LogP contribution in [0.1, 0.15) is 13.3 Å². The molecule has 0 bridgehead atoms. The van der Waals surface area contributed by atoms with Gasteiger partial charge in [-0.05, 0) is 12.3 Å². The van der Waals surface area contributed by atoms with E-state index in [9.17, 15) is 0 Å². The van der Waals surface area contributed by atoms with Gasteiger partial charge in [-0.1, -0.05) is 6.92 Å². The lowest BCUT2D eigenvalue weighted by atomic mass is 10.2. The molecule has 2 heterocycles. The molecule has 1 saturated heterocycles. The molecule has 0 saturated carbocycles. The number of guanidine groups is 1. The van der Waals surface area contributed by atoms with Crippen molar-refractivity contribution in [3.05, 3.63) is 0 Å². The van der Waals surface area contributed by atoms with Crippen molar-refractivity contribution in [2.75, 3.05) is 26.2 Å². The number of likely N-dealkylation sites (tertiary alicyclic amines) is 1. The summed E-state index contributed by atoms with van der Waals surface area (Å²) in [4.78, 5) is 6.74. The second-order valence-corrected chi connectivity index (χ2v) is 3.47. The average Bonchev–Trinajstić information content (AvgIpc) is 2.55. The highest BCUT2D eigenvalue weighted by Crippen LogP contribution is 2.15. The van der Waals surface area contributed by atoms with Gasteiger partial charge in [0.2, 0.25) is 0 Å². The van der Waals surface area contributed by atoms with Crippen molar-refractivity contribution in [2.24, 2.45) is 10.9 Å². The first-order valence-corrected chi connectivity index (χ1v) is 4.39. The van der Waals surface area contributed by atoms with Gasteiger partial charge in [0.05, 0.1) is 6.54 Å². The van der Waals surface area contributed by atoms with Crippen molar-refractivity contribution in [1.29, 1.82) is 0 Å². The molecule has 1 N–H and O–H groups in total. The molecule has 0 aliphatic carbocycles. The van der Waals surface area contributed by atoms with Crippen molar-refractivity contribution in [3.63, 3.8) is 0 Å². The minimum Gasteiger partial charge on any atom is -0.354 e. The molecule has 0 aromatic heterocycles. The van der Waals surface area contributed by atoms with Gasteiger partial charge in [-0.25, -0.2) is 0 Å². The molecule has 0 amide bonds. The van der Waals surface area contributed by atoms with Gasteiger partial charge in [-0.15, -0.1) is 0 Å². The molecule has 1 fully saturated rings. The molecule has 3 heteroatoms. The van der Waals surface area contributed by atoms with Gasteiger partial charge in [0.1, 0.15) is 0 Å². The van der Waals surface area contributed by atoms with Crippen LogP contribution in [0.15, 0.2) is 4.99 Å². The van der Waals surface area contributed by atoms with E-state index in [0.29, 0.717) is 0 Å². The first kappa shape index (κ1) is 6.95. The Morgan fingerprint density at radius 3 is 3.09 bits per heavy atom. The zero-order chi connectivity index (χ0) is 7.68. The van der Waals surface area contributed by atoms with E-state index in [1.54, 1.807) is 0 Å². The smallest absolute Gasteiger partial charge is 0.194 e. The molecule has 11 heavy (non-hydrogen) atoms. The Morgan fingerprint density at radius 1 is 1.64 bits per heavy atom. The molecule has 62 valence electrons. The number of aliphatic imine (C=N–C) groups is 1. The SMILES string of the molecule is CC1CCN(C2=NCCN2)C1. The summed E-state index contributed by atoms with van der Waals surface area (Å²) < 4.78 is 0. The van der Waals surface area contributed by atoms with Crippen LogP contribution in [0.25, 0.3) is 0 Å². The number of nitrogens with zero attached hydrogens (tertiary/aromatic N) is 2. The number of nitrogens with one attached hydrogen (secondary N) is 1. The van der Waals surface area contributed by atoms with Crippen LogP contribution in [0, 0.1) is 5.92 Å². The van der Waals surface area contributed by atoms with Crippen molar-refractivity contribution in [1.82, 2.24) is 10.2 Å². The summed E-state index contributed by atoms with van der Waals surface area (Å²) in [5.41, 5.74) is 0. The van der Waals surface area contributed by atoms with Crippen molar-refractivity contribution >= 4 is 5.96 Å². The summed E-state index contributed by atoms with van der Waals surface area (Å²) in [5, 5.41) is 3.30. The predicted molar refractivity (Wildman–Crippen MR) is 45.7 cm³/mol. The first-order chi connectivity index (χ1) is 5.36.